The van der Waals surface area contributed by atoms with Crippen LogP contribution in [-0.4, -0.2) is 89.8 Å². The van der Waals surface area contributed by atoms with E-state index in [9.17, 15) is 4.79 Å². The lowest BCUT2D eigenvalue weighted by Gasteiger charge is -2.40. The van der Waals surface area contributed by atoms with Gasteiger partial charge in [-0.3, -0.25) is 9.69 Å². The third-order valence-corrected chi connectivity index (χ3v) is 8.01. The summed E-state index contributed by atoms with van der Waals surface area (Å²) in [7, 11) is 1.67. The number of methoxy groups -OCH3 is 1. The number of nitrogens with zero attached hydrogens (tertiary/aromatic N) is 5. The Morgan fingerprint density at radius 1 is 1.07 bits per heavy atom. The number of anilines is 1. The van der Waals surface area contributed by atoms with Crippen LogP contribution in [0, 0.1) is 0 Å². The van der Waals surface area contributed by atoms with Crippen molar-refractivity contribution in [3.63, 3.8) is 0 Å². The number of H-pyrrole nitrogens is 1. The van der Waals surface area contributed by atoms with Gasteiger partial charge >= 0.3 is 0 Å². The van der Waals surface area contributed by atoms with Crippen molar-refractivity contribution in [1.29, 1.82) is 0 Å². The van der Waals surface area contributed by atoms with E-state index in [0.717, 1.165) is 99.2 Å². The molecule has 0 atom stereocenters. The van der Waals surface area contributed by atoms with Crippen molar-refractivity contribution in [2.45, 2.75) is 31.7 Å². The Labute approximate surface area is 240 Å². The number of aryl methyl sites for hydroxylation is 1. The second-order valence-corrected chi connectivity index (χ2v) is 10.6. The van der Waals surface area contributed by atoms with Gasteiger partial charge < -0.3 is 24.7 Å². The standard InChI is InChI=1S/C31H37N7O3/c1-40-25-5-2-4-22(20-25)29-30(38-14-9-24(10-15-38)37-16-18-41-19-17-37)36-26-8-7-23(21-27(26)35-29)31(39)34-11-3-6-28-32-12-13-33-28/h2,4-5,7-8,12-13,20-21,24H,3,6,9-11,14-19H2,1H3,(H,32,33)(H,34,39). The topological polar surface area (TPSA) is 108 Å². The van der Waals surface area contributed by atoms with Gasteiger partial charge in [0.15, 0.2) is 5.82 Å². The molecule has 0 aliphatic carbocycles. The second kappa shape index (κ2) is 12.7. The van der Waals surface area contributed by atoms with Gasteiger partial charge in [-0.15, -0.1) is 0 Å². The van der Waals surface area contributed by atoms with E-state index in [0.29, 0.717) is 23.7 Å². The first-order valence-corrected chi connectivity index (χ1v) is 14.5. The predicted molar refractivity (Wildman–Crippen MR) is 158 cm³/mol. The van der Waals surface area contributed by atoms with Crippen LogP contribution >= 0.6 is 0 Å². The number of benzene rings is 2. The zero-order valence-corrected chi connectivity index (χ0v) is 23.5. The summed E-state index contributed by atoms with van der Waals surface area (Å²) in [5, 5.41) is 3.02. The SMILES string of the molecule is COc1cccc(-c2nc3cc(C(=O)NCCCc4ncc[nH]4)ccc3nc2N2CCC(N3CCOCC3)CC2)c1. The Bertz CT molecular complexity index is 1460. The minimum absolute atomic E-state index is 0.120. The summed E-state index contributed by atoms with van der Waals surface area (Å²) in [6, 6.07) is 14.1. The Morgan fingerprint density at radius 2 is 1.93 bits per heavy atom. The number of imidazole rings is 1. The molecule has 10 heteroatoms. The summed E-state index contributed by atoms with van der Waals surface area (Å²) in [4.78, 5) is 35.4. The highest BCUT2D eigenvalue weighted by molar-refractivity contribution is 5.98. The van der Waals surface area contributed by atoms with Gasteiger partial charge in [0.1, 0.15) is 17.3 Å². The van der Waals surface area contributed by atoms with E-state index in [2.05, 4.69) is 25.1 Å². The van der Waals surface area contributed by atoms with Crippen LogP contribution in [0.15, 0.2) is 54.9 Å². The van der Waals surface area contributed by atoms with Gasteiger partial charge in [0.05, 0.1) is 31.4 Å². The molecule has 2 aromatic carbocycles. The molecule has 214 valence electrons. The van der Waals surface area contributed by atoms with Crippen LogP contribution in [0.1, 0.15) is 35.4 Å². The van der Waals surface area contributed by atoms with Crippen molar-refractivity contribution in [3.8, 4) is 17.0 Å². The zero-order valence-electron chi connectivity index (χ0n) is 23.5. The third-order valence-electron chi connectivity index (χ3n) is 8.01. The maximum atomic E-state index is 12.9. The number of carbonyl (C=O) groups is 1. The number of carbonyl (C=O) groups excluding carboxylic acids is 1. The number of aromatic nitrogens is 4. The van der Waals surface area contributed by atoms with Crippen LogP contribution in [0.2, 0.25) is 0 Å². The molecule has 0 saturated carbocycles. The molecule has 0 unspecified atom stereocenters. The molecule has 1 amide bonds. The van der Waals surface area contributed by atoms with Crippen LogP contribution in [0.4, 0.5) is 5.82 Å². The Morgan fingerprint density at radius 3 is 2.71 bits per heavy atom. The van der Waals surface area contributed by atoms with Crippen LogP contribution in [0.25, 0.3) is 22.3 Å². The molecule has 2 aromatic heterocycles. The van der Waals surface area contributed by atoms with Crippen LogP contribution in [-0.2, 0) is 11.2 Å². The first-order valence-electron chi connectivity index (χ1n) is 14.5. The van der Waals surface area contributed by atoms with Gasteiger partial charge in [-0.25, -0.2) is 15.0 Å². The number of ether oxygens (including phenoxy) is 2. The fourth-order valence-electron chi connectivity index (χ4n) is 5.75. The molecule has 2 aliphatic rings. The Hall–Kier alpha value is -4.02. The minimum Gasteiger partial charge on any atom is -0.497 e. The van der Waals surface area contributed by atoms with Gasteiger partial charge in [-0.05, 0) is 49.6 Å². The highest BCUT2D eigenvalue weighted by atomic mass is 16.5. The number of aromatic amines is 1. The molecule has 4 heterocycles. The lowest BCUT2D eigenvalue weighted by molar-refractivity contribution is 0.0115. The molecule has 2 saturated heterocycles. The van der Waals surface area contributed by atoms with E-state index in [4.69, 9.17) is 19.4 Å². The molecule has 2 fully saturated rings. The van der Waals surface area contributed by atoms with Crippen molar-refractivity contribution < 1.29 is 14.3 Å². The summed E-state index contributed by atoms with van der Waals surface area (Å²) >= 11 is 0. The predicted octanol–water partition coefficient (Wildman–Crippen LogP) is 3.69. The summed E-state index contributed by atoms with van der Waals surface area (Å²) in [6.07, 6.45) is 7.29. The second-order valence-electron chi connectivity index (χ2n) is 10.6. The number of fused-ring (bicyclic) bond motifs is 1. The molecule has 0 radical (unpaired) electrons. The fourth-order valence-corrected chi connectivity index (χ4v) is 5.75. The molecule has 4 aromatic rings. The number of hydrogen-bond acceptors (Lipinski definition) is 8. The van der Waals surface area contributed by atoms with E-state index < -0.39 is 0 Å². The monoisotopic (exact) mass is 555 g/mol. The lowest BCUT2D eigenvalue weighted by atomic mass is 10.0. The van der Waals surface area contributed by atoms with Gasteiger partial charge in [0.2, 0.25) is 0 Å². The Balaban J connectivity index is 1.23. The quantitative estimate of drug-likeness (QED) is 0.301. The average molecular weight is 556 g/mol. The highest BCUT2D eigenvalue weighted by Crippen LogP contribution is 2.34. The molecule has 2 N–H and O–H groups in total. The number of amides is 1. The third kappa shape index (κ3) is 6.34. The molecular formula is C31H37N7O3. The number of rotatable bonds is 9. The molecule has 10 nitrogen and oxygen atoms in total. The molecule has 0 spiro atoms. The van der Waals surface area contributed by atoms with Crippen molar-refractivity contribution in [3.05, 3.63) is 66.2 Å². The number of morpholine rings is 1. The average Bonchev–Trinajstić information content (AvgIpc) is 3.56. The van der Waals surface area contributed by atoms with E-state index in [1.165, 1.54) is 0 Å². The fraction of sp³-hybridized carbons (Fsp3) is 0.419. The number of piperidine rings is 1. The molecule has 0 bridgehead atoms. The summed E-state index contributed by atoms with van der Waals surface area (Å²) in [5.41, 5.74) is 3.78. The van der Waals surface area contributed by atoms with Crippen LogP contribution in [0.5, 0.6) is 5.75 Å². The van der Waals surface area contributed by atoms with Gasteiger partial charge in [-0.2, -0.15) is 0 Å². The summed E-state index contributed by atoms with van der Waals surface area (Å²) in [5.74, 6) is 2.45. The van der Waals surface area contributed by atoms with Gasteiger partial charge in [0.25, 0.3) is 5.91 Å². The molecule has 41 heavy (non-hydrogen) atoms. The van der Waals surface area contributed by atoms with E-state index in [-0.39, 0.29) is 5.91 Å². The van der Waals surface area contributed by atoms with Gasteiger partial charge in [0, 0.05) is 68.7 Å². The van der Waals surface area contributed by atoms with Crippen molar-refractivity contribution in [2.24, 2.45) is 0 Å². The number of nitrogens with one attached hydrogen (secondary N) is 2. The first-order chi connectivity index (χ1) is 20.2. The van der Waals surface area contributed by atoms with Crippen molar-refractivity contribution in [1.82, 2.24) is 30.2 Å². The summed E-state index contributed by atoms with van der Waals surface area (Å²) < 4.78 is 11.1. The van der Waals surface area contributed by atoms with E-state index >= 15 is 0 Å². The normalized spacial score (nSPS) is 16.7. The van der Waals surface area contributed by atoms with E-state index in [1.807, 2.05) is 48.7 Å². The highest BCUT2D eigenvalue weighted by Gasteiger charge is 2.28. The molecule has 6 rings (SSSR count). The van der Waals surface area contributed by atoms with Gasteiger partial charge in [-0.1, -0.05) is 12.1 Å². The van der Waals surface area contributed by atoms with E-state index in [1.54, 1.807) is 13.3 Å². The molecular weight excluding hydrogens is 518 g/mol. The first kappa shape index (κ1) is 27.2. The maximum absolute atomic E-state index is 12.9. The summed E-state index contributed by atoms with van der Waals surface area (Å²) in [6.45, 7) is 6.06. The van der Waals surface area contributed by atoms with Crippen LogP contribution < -0.4 is 15.0 Å². The molecule has 2 aliphatic heterocycles. The number of hydrogen-bond donors (Lipinski definition) is 2. The maximum Gasteiger partial charge on any atom is 0.251 e. The largest absolute Gasteiger partial charge is 0.497 e. The van der Waals surface area contributed by atoms with Crippen LogP contribution in [0.3, 0.4) is 0 Å². The van der Waals surface area contributed by atoms with Crippen molar-refractivity contribution >= 4 is 22.8 Å². The smallest absolute Gasteiger partial charge is 0.251 e. The van der Waals surface area contributed by atoms with Crippen molar-refractivity contribution in [2.75, 3.05) is 57.9 Å². The Kier molecular flexibility index (Phi) is 8.39. The zero-order chi connectivity index (χ0) is 28.0. The minimum atomic E-state index is -0.120. The lowest BCUT2D eigenvalue weighted by Crippen LogP contribution is -2.49.